The molecule has 1 unspecified atom stereocenters. The lowest BCUT2D eigenvalue weighted by molar-refractivity contribution is -0.118. The van der Waals surface area contributed by atoms with Gasteiger partial charge < -0.3 is 4.90 Å². The number of rotatable bonds is 5. The van der Waals surface area contributed by atoms with Crippen LogP contribution in [0.15, 0.2) is 0 Å². The topological polar surface area (TPSA) is 20.3 Å². The monoisotopic (exact) mass is 225 g/mol. The van der Waals surface area contributed by atoms with Crippen LogP contribution >= 0.6 is 0 Å². The van der Waals surface area contributed by atoms with E-state index in [-0.39, 0.29) is 0 Å². The maximum atomic E-state index is 11.1. The van der Waals surface area contributed by atoms with Crippen molar-refractivity contribution in [3.63, 3.8) is 0 Å². The van der Waals surface area contributed by atoms with E-state index in [1.807, 2.05) is 0 Å². The minimum absolute atomic E-state index is 0.307. The highest BCUT2D eigenvalue weighted by molar-refractivity contribution is 5.76. The van der Waals surface area contributed by atoms with Gasteiger partial charge in [-0.3, -0.25) is 4.79 Å². The Morgan fingerprint density at radius 2 is 1.88 bits per heavy atom. The van der Waals surface area contributed by atoms with Gasteiger partial charge in [0, 0.05) is 18.5 Å². The average molecular weight is 225 g/mol. The van der Waals surface area contributed by atoms with Crippen LogP contribution in [-0.4, -0.2) is 29.8 Å². The van der Waals surface area contributed by atoms with E-state index in [0.717, 1.165) is 5.92 Å². The molecule has 0 radical (unpaired) electrons. The zero-order valence-corrected chi connectivity index (χ0v) is 11.3. The fourth-order valence-corrected chi connectivity index (χ4v) is 2.88. The van der Waals surface area contributed by atoms with Crippen molar-refractivity contribution in [2.45, 2.75) is 71.4 Å². The Bertz CT molecular complexity index is 219. The molecule has 2 nitrogen and oxygen atoms in total. The van der Waals surface area contributed by atoms with E-state index in [1.54, 1.807) is 6.92 Å². The summed E-state index contributed by atoms with van der Waals surface area (Å²) in [4.78, 5) is 13.5. The van der Waals surface area contributed by atoms with Crippen LogP contribution in [0.5, 0.6) is 0 Å². The molecule has 0 spiro atoms. The smallest absolute Gasteiger partial charge is 0.131 e. The number of nitrogens with zero attached hydrogens (tertiary/aromatic N) is 1. The van der Waals surface area contributed by atoms with Gasteiger partial charge in [0.2, 0.25) is 0 Å². The van der Waals surface area contributed by atoms with Gasteiger partial charge in [-0.2, -0.15) is 0 Å². The van der Waals surface area contributed by atoms with Gasteiger partial charge in [0.15, 0.2) is 0 Å². The zero-order valence-electron chi connectivity index (χ0n) is 11.3. The van der Waals surface area contributed by atoms with Crippen LogP contribution in [0.4, 0.5) is 0 Å². The van der Waals surface area contributed by atoms with Crippen molar-refractivity contribution in [1.82, 2.24) is 4.90 Å². The van der Waals surface area contributed by atoms with Crippen LogP contribution in [0.2, 0.25) is 0 Å². The Labute approximate surface area is 100 Å². The molecule has 0 aromatic rings. The molecule has 0 aromatic heterocycles. The van der Waals surface area contributed by atoms with E-state index in [9.17, 15) is 4.79 Å². The van der Waals surface area contributed by atoms with Crippen molar-refractivity contribution in [2.75, 3.05) is 7.05 Å². The molecule has 0 aliphatic heterocycles. The van der Waals surface area contributed by atoms with Gasteiger partial charge in [0.1, 0.15) is 5.78 Å². The number of hydrogen-bond acceptors (Lipinski definition) is 2. The molecular formula is C14H27NO. The zero-order chi connectivity index (χ0) is 12.1. The third-order valence-electron chi connectivity index (χ3n) is 4.25. The van der Waals surface area contributed by atoms with Crippen LogP contribution in [0.25, 0.3) is 0 Å². The summed E-state index contributed by atoms with van der Waals surface area (Å²) >= 11 is 0. The molecule has 1 fully saturated rings. The van der Waals surface area contributed by atoms with Gasteiger partial charge in [-0.25, -0.2) is 0 Å². The lowest BCUT2D eigenvalue weighted by Crippen LogP contribution is -2.41. The summed E-state index contributed by atoms with van der Waals surface area (Å²) in [5.41, 5.74) is 0. The molecule has 1 rings (SSSR count). The van der Waals surface area contributed by atoms with Crippen LogP contribution in [0.1, 0.15) is 59.3 Å². The van der Waals surface area contributed by atoms with Crippen molar-refractivity contribution >= 4 is 5.78 Å². The Hall–Kier alpha value is -0.370. The molecule has 1 atom stereocenters. The number of ketones is 1. The maximum Gasteiger partial charge on any atom is 0.131 e. The normalized spacial score (nSPS) is 28.1. The van der Waals surface area contributed by atoms with Crippen molar-refractivity contribution in [3.05, 3.63) is 0 Å². The van der Waals surface area contributed by atoms with E-state index in [4.69, 9.17) is 0 Å². The second-order valence-corrected chi connectivity index (χ2v) is 5.50. The van der Waals surface area contributed by atoms with E-state index < -0.39 is 0 Å². The summed E-state index contributed by atoms with van der Waals surface area (Å²) in [5, 5.41) is 0. The largest absolute Gasteiger partial charge is 0.300 e. The number of carbonyl (C=O) groups excluding carboxylic acids is 1. The van der Waals surface area contributed by atoms with Crippen LogP contribution < -0.4 is 0 Å². The molecule has 0 bridgehead atoms. The fraction of sp³-hybridized carbons (Fsp3) is 0.929. The Morgan fingerprint density at radius 1 is 1.31 bits per heavy atom. The molecule has 94 valence electrons. The first-order chi connectivity index (χ1) is 7.54. The summed E-state index contributed by atoms with van der Waals surface area (Å²) < 4.78 is 0. The average Bonchev–Trinajstić information content (AvgIpc) is 2.27. The first-order valence-electron chi connectivity index (χ1n) is 6.76. The molecule has 2 heteroatoms. The highest BCUT2D eigenvalue weighted by atomic mass is 16.1. The minimum atomic E-state index is 0.307. The quantitative estimate of drug-likeness (QED) is 0.716. The van der Waals surface area contributed by atoms with Crippen LogP contribution in [0.3, 0.4) is 0 Å². The summed E-state index contributed by atoms with van der Waals surface area (Å²) in [5.74, 6) is 1.26. The van der Waals surface area contributed by atoms with Crippen molar-refractivity contribution in [1.29, 1.82) is 0 Å². The minimum Gasteiger partial charge on any atom is -0.300 e. The number of hydrogen-bond donors (Lipinski definition) is 0. The third kappa shape index (κ3) is 3.89. The van der Waals surface area contributed by atoms with Gasteiger partial charge in [0.05, 0.1) is 0 Å². The molecule has 1 saturated carbocycles. The Balaban J connectivity index is 2.37. The first kappa shape index (κ1) is 13.7. The lowest BCUT2D eigenvalue weighted by Gasteiger charge is -2.37. The van der Waals surface area contributed by atoms with E-state index in [0.29, 0.717) is 24.3 Å². The first-order valence-corrected chi connectivity index (χ1v) is 6.76. The Kier molecular flexibility index (Phi) is 5.47. The number of Topliss-reactive ketones (excluding diaryl/α,β-unsaturated/α-hetero) is 1. The molecule has 0 aromatic carbocycles. The van der Waals surface area contributed by atoms with Gasteiger partial charge in [0.25, 0.3) is 0 Å². The van der Waals surface area contributed by atoms with Crippen molar-refractivity contribution in [3.8, 4) is 0 Å². The molecule has 0 saturated heterocycles. The standard InChI is InChI=1S/C14H27NO/c1-5-13-6-8-14(9-7-13)15(4)11(2)10-12(3)16/h11,13-14H,5-10H2,1-4H3. The van der Waals surface area contributed by atoms with Gasteiger partial charge in [-0.15, -0.1) is 0 Å². The lowest BCUT2D eigenvalue weighted by atomic mass is 9.83. The predicted octanol–water partition coefficient (Wildman–Crippen LogP) is 3.25. The molecule has 16 heavy (non-hydrogen) atoms. The number of carbonyl (C=O) groups is 1. The molecule has 0 N–H and O–H groups in total. The summed E-state index contributed by atoms with van der Waals surface area (Å²) in [6, 6.07) is 1.11. The third-order valence-corrected chi connectivity index (χ3v) is 4.25. The molecular weight excluding hydrogens is 198 g/mol. The highest BCUT2D eigenvalue weighted by Crippen LogP contribution is 2.29. The maximum absolute atomic E-state index is 11.1. The van der Waals surface area contributed by atoms with E-state index in [1.165, 1.54) is 32.1 Å². The van der Waals surface area contributed by atoms with Crippen LogP contribution in [-0.2, 0) is 4.79 Å². The molecule has 0 heterocycles. The second kappa shape index (κ2) is 6.39. The highest BCUT2D eigenvalue weighted by Gasteiger charge is 2.25. The Morgan fingerprint density at radius 3 is 2.31 bits per heavy atom. The van der Waals surface area contributed by atoms with E-state index in [2.05, 4.69) is 25.8 Å². The molecule has 1 aliphatic carbocycles. The SMILES string of the molecule is CCC1CCC(N(C)C(C)CC(C)=O)CC1. The van der Waals surface area contributed by atoms with Crippen molar-refractivity contribution < 1.29 is 4.79 Å². The van der Waals surface area contributed by atoms with Gasteiger partial charge >= 0.3 is 0 Å². The predicted molar refractivity (Wildman–Crippen MR) is 68.6 cm³/mol. The van der Waals surface area contributed by atoms with E-state index >= 15 is 0 Å². The molecule has 0 amide bonds. The summed E-state index contributed by atoms with van der Waals surface area (Å²) in [6.07, 6.45) is 7.41. The van der Waals surface area contributed by atoms with Gasteiger partial charge in [-0.1, -0.05) is 13.3 Å². The van der Waals surface area contributed by atoms with Crippen molar-refractivity contribution in [2.24, 2.45) is 5.92 Å². The second-order valence-electron chi connectivity index (χ2n) is 5.50. The molecule has 1 aliphatic rings. The van der Waals surface area contributed by atoms with Gasteiger partial charge in [-0.05, 0) is 52.5 Å². The van der Waals surface area contributed by atoms with Crippen LogP contribution in [0, 0.1) is 5.92 Å². The summed E-state index contributed by atoms with van der Waals surface area (Å²) in [6.45, 7) is 6.17. The summed E-state index contributed by atoms with van der Waals surface area (Å²) in [7, 11) is 2.19. The fourth-order valence-electron chi connectivity index (χ4n) is 2.88.